The number of hydrogen-bond donors (Lipinski definition) is 1. The molecule has 0 aliphatic heterocycles. The van der Waals surface area contributed by atoms with E-state index in [9.17, 15) is 0 Å². The van der Waals surface area contributed by atoms with E-state index in [1.54, 1.807) is 0 Å². The van der Waals surface area contributed by atoms with E-state index in [1.165, 1.54) is 32.2 Å². The van der Waals surface area contributed by atoms with Gasteiger partial charge in [0.2, 0.25) is 0 Å². The van der Waals surface area contributed by atoms with Crippen molar-refractivity contribution < 1.29 is 0 Å². The lowest BCUT2D eigenvalue weighted by atomic mass is 10.0. The molecule has 12 heavy (non-hydrogen) atoms. The predicted octanol–water partition coefficient (Wildman–Crippen LogP) is 2.73. The van der Waals surface area contributed by atoms with Gasteiger partial charge in [0, 0.05) is 6.04 Å². The summed E-state index contributed by atoms with van der Waals surface area (Å²) in [6.45, 7) is 5.73. The summed E-state index contributed by atoms with van der Waals surface area (Å²) in [6.07, 6.45) is 9.89. The molecule has 1 atom stereocenters. The Morgan fingerprint density at radius 3 is 2.92 bits per heavy atom. The molecule has 1 N–H and O–H groups in total. The number of hydrogen-bond acceptors (Lipinski definition) is 1. The normalized spacial score (nSPS) is 23.4. The van der Waals surface area contributed by atoms with Gasteiger partial charge in [-0.1, -0.05) is 26.0 Å². The predicted molar refractivity (Wildman–Crippen MR) is 54.2 cm³/mol. The largest absolute Gasteiger partial charge is 0.311 e. The second kappa shape index (κ2) is 5.36. The van der Waals surface area contributed by atoms with Crippen LogP contribution in [0.25, 0.3) is 0 Å². The highest BCUT2D eigenvalue weighted by atomic mass is 14.9. The minimum atomic E-state index is 0.664. The van der Waals surface area contributed by atoms with Crippen molar-refractivity contribution >= 4 is 0 Å². The minimum Gasteiger partial charge on any atom is -0.311 e. The summed E-state index contributed by atoms with van der Waals surface area (Å²) >= 11 is 0. The van der Waals surface area contributed by atoms with Crippen LogP contribution < -0.4 is 5.32 Å². The molecule has 1 rings (SSSR count). The monoisotopic (exact) mass is 167 g/mol. The topological polar surface area (TPSA) is 12.0 Å². The Hall–Kier alpha value is -0.300. The summed E-state index contributed by atoms with van der Waals surface area (Å²) in [5.41, 5.74) is 0. The first-order valence-corrected chi connectivity index (χ1v) is 5.19. The molecule has 0 fully saturated rings. The molecule has 0 aromatic carbocycles. The van der Waals surface area contributed by atoms with Crippen LogP contribution in [0.2, 0.25) is 0 Å². The van der Waals surface area contributed by atoms with Gasteiger partial charge in [-0.05, 0) is 38.1 Å². The Morgan fingerprint density at radius 2 is 2.33 bits per heavy atom. The zero-order valence-electron chi connectivity index (χ0n) is 8.34. The van der Waals surface area contributed by atoms with Crippen LogP contribution >= 0.6 is 0 Å². The van der Waals surface area contributed by atoms with Gasteiger partial charge in [0.25, 0.3) is 0 Å². The van der Waals surface area contributed by atoms with Crippen molar-refractivity contribution in [2.45, 2.75) is 45.6 Å². The molecule has 0 aromatic heterocycles. The van der Waals surface area contributed by atoms with E-state index in [2.05, 4.69) is 31.3 Å². The molecule has 0 amide bonds. The van der Waals surface area contributed by atoms with Gasteiger partial charge in [-0.15, -0.1) is 0 Å². The average Bonchev–Trinajstić information content (AvgIpc) is 2.05. The molecule has 1 aliphatic rings. The molecule has 70 valence electrons. The lowest BCUT2D eigenvalue weighted by Crippen LogP contribution is -2.29. The van der Waals surface area contributed by atoms with Crippen LogP contribution in [-0.4, -0.2) is 12.6 Å². The summed E-state index contributed by atoms with van der Waals surface area (Å²) in [7, 11) is 0. The van der Waals surface area contributed by atoms with Crippen LogP contribution in [0.4, 0.5) is 0 Å². The highest BCUT2D eigenvalue weighted by molar-refractivity contribution is 4.97. The van der Waals surface area contributed by atoms with Crippen LogP contribution in [0.1, 0.15) is 39.5 Å². The highest BCUT2D eigenvalue weighted by Gasteiger charge is 2.06. The first-order valence-electron chi connectivity index (χ1n) is 5.19. The van der Waals surface area contributed by atoms with Crippen molar-refractivity contribution in [1.29, 1.82) is 0 Å². The second-order valence-electron chi connectivity index (χ2n) is 4.10. The standard InChI is InChI=1S/C11H21N/c1-10(2)8-9-12-11-6-4-3-5-7-11/h4,6,10-12H,3,5,7-9H2,1-2H3. The minimum absolute atomic E-state index is 0.664. The Balaban J connectivity index is 2.06. The third-order valence-electron chi connectivity index (χ3n) is 2.38. The van der Waals surface area contributed by atoms with Crippen molar-refractivity contribution in [2.24, 2.45) is 5.92 Å². The number of rotatable bonds is 4. The summed E-state index contributed by atoms with van der Waals surface area (Å²) in [5.74, 6) is 0.824. The molecule has 1 aliphatic carbocycles. The van der Waals surface area contributed by atoms with Crippen molar-refractivity contribution in [1.82, 2.24) is 5.32 Å². The lowest BCUT2D eigenvalue weighted by molar-refractivity contribution is 0.477. The van der Waals surface area contributed by atoms with Crippen LogP contribution in [-0.2, 0) is 0 Å². The molecule has 0 saturated heterocycles. The molecular weight excluding hydrogens is 146 g/mol. The Morgan fingerprint density at radius 1 is 1.50 bits per heavy atom. The molecule has 0 heterocycles. The SMILES string of the molecule is CC(C)CCNC1C=CCCC1. The zero-order chi connectivity index (χ0) is 8.81. The number of nitrogens with one attached hydrogen (secondary N) is 1. The van der Waals surface area contributed by atoms with Gasteiger partial charge in [0.1, 0.15) is 0 Å². The molecule has 1 heteroatoms. The second-order valence-corrected chi connectivity index (χ2v) is 4.10. The molecule has 0 aromatic rings. The molecule has 1 unspecified atom stereocenters. The summed E-state index contributed by atoms with van der Waals surface area (Å²) in [4.78, 5) is 0. The number of allylic oxidation sites excluding steroid dienone is 1. The van der Waals surface area contributed by atoms with E-state index in [-0.39, 0.29) is 0 Å². The first kappa shape index (κ1) is 9.79. The quantitative estimate of drug-likeness (QED) is 0.635. The van der Waals surface area contributed by atoms with Crippen LogP contribution in [0.3, 0.4) is 0 Å². The van der Waals surface area contributed by atoms with Crippen LogP contribution in [0, 0.1) is 5.92 Å². The Bertz CT molecular complexity index is 138. The fraction of sp³-hybridized carbons (Fsp3) is 0.818. The van der Waals surface area contributed by atoms with Crippen LogP contribution in [0.5, 0.6) is 0 Å². The fourth-order valence-electron chi connectivity index (χ4n) is 1.54. The zero-order valence-corrected chi connectivity index (χ0v) is 8.34. The Labute approximate surface area is 76.2 Å². The summed E-state index contributed by atoms with van der Waals surface area (Å²) in [5, 5.41) is 3.57. The van der Waals surface area contributed by atoms with Crippen molar-refractivity contribution in [3.8, 4) is 0 Å². The molecule has 0 spiro atoms. The highest BCUT2D eigenvalue weighted by Crippen LogP contribution is 2.10. The molecule has 0 bridgehead atoms. The van der Waals surface area contributed by atoms with E-state index >= 15 is 0 Å². The smallest absolute Gasteiger partial charge is 0.0250 e. The van der Waals surface area contributed by atoms with Gasteiger partial charge < -0.3 is 5.32 Å². The van der Waals surface area contributed by atoms with Gasteiger partial charge in [-0.3, -0.25) is 0 Å². The van der Waals surface area contributed by atoms with Gasteiger partial charge in [-0.2, -0.15) is 0 Å². The maximum absolute atomic E-state index is 3.57. The van der Waals surface area contributed by atoms with E-state index < -0.39 is 0 Å². The van der Waals surface area contributed by atoms with Crippen molar-refractivity contribution in [2.75, 3.05) is 6.54 Å². The van der Waals surface area contributed by atoms with E-state index in [4.69, 9.17) is 0 Å². The summed E-state index contributed by atoms with van der Waals surface area (Å²) < 4.78 is 0. The van der Waals surface area contributed by atoms with Crippen molar-refractivity contribution in [3.63, 3.8) is 0 Å². The van der Waals surface area contributed by atoms with Gasteiger partial charge >= 0.3 is 0 Å². The van der Waals surface area contributed by atoms with Crippen molar-refractivity contribution in [3.05, 3.63) is 12.2 Å². The van der Waals surface area contributed by atoms with Gasteiger partial charge in [0.15, 0.2) is 0 Å². The lowest BCUT2D eigenvalue weighted by Gasteiger charge is -2.18. The van der Waals surface area contributed by atoms with E-state index in [1.807, 2.05) is 0 Å². The molecular formula is C11H21N. The Kier molecular flexibility index (Phi) is 4.37. The van der Waals surface area contributed by atoms with E-state index in [0.717, 1.165) is 5.92 Å². The maximum atomic E-state index is 3.57. The third-order valence-corrected chi connectivity index (χ3v) is 2.38. The molecule has 1 nitrogen and oxygen atoms in total. The van der Waals surface area contributed by atoms with E-state index in [0.29, 0.717) is 6.04 Å². The van der Waals surface area contributed by atoms with Gasteiger partial charge in [0.05, 0.1) is 0 Å². The van der Waals surface area contributed by atoms with Gasteiger partial charge in [-0.25, -0.2) is 0 Å². The van der Waals surface area contributed by atoms with Crippen LogP contribution in [0.15, 0.2) is 12.2 Å². The first-order chi connectivity index (χ1) is 5.79. The fourth-order valence-corrected chi connectivity index (χ4v) is 1.54. The summed E-state index contributed by atoms with van der Waals surface area (Å²) in [6, 6.07) is 0.664. The molecule has 0 saturated carbocycles. The maximum Gasteiger partial charge on any atom is 0.0250 e. The average molecular weight is 167 g/mol. The molecule has 0 radical (unpaired) electrons. The third kappa shape index (κ3) is 3.91.